The molecule has 0 amide bonds. The van der Waals surface area contributed by atoms with Gasteiger partial charge in [-0.25, -0.2) is 4.79 Å². The maximum Gasteiger partial charge on any atom is 0.335 e. The number of carbonyl (C=O) groups is 1. The molecule has 1 N–H and O–H groups in total. The van der Waals surface area contributed by atoms with Crippen molar-refractivity contribution in [3.63, 3.8) is 0 Å². The van der Waals surface area contributed by atoms with Gasteiger partial charge >= 0.3 is 5.97 Å². The molecule has 0 aliphatic carbocycles. The number of carboxylic acid groups (broad SMARTS) is 1. The summed E-state index contributed by atoms with van der Waals surface area (Å²) in [5, 5.41) is 13.5. The molecule has 128 valence electrons. The van der Waals surface area contributed by atoms with Gasteiger partial charge in [-0.05, 0) is 38.5 Å². The van der Waals surface area contributed by atoms with Gasteiger partial charge in [0.2, 0.25) is 0 Å². The maximum absolute atomic E-state index is 11.1. The summed E-state index contributed by atoms with van der Waals surface area (Å²) in [6.07, 6.45) is 3.95. The van der Waals surface area contributed by atoms with E-state index in [1.807, 2.05) is 23.9 Å². The van der Waals surface area contributed by atoms with Crippen LogP contribution in [0.5, 0.6) is 0 Å². The van der Waals surface area contributed by atoms with Crippen LogP contribution in [-0.4, -0.2) is 32.3 Å². The van der Waals surface area contributed by atoms with Crippen molar-refractivity contribution in [1.29, 1.82) is 0 Å². The molecule has 0 bridgehead atoms. The Labute approximate surface area is 143 Å². The molecule has 24 heavy (non-hydrogen) atoms. The van der Waals surface area contributed by atoms with E-state index in [0.29, 0.717) is 18.2 Å². The van der Waals surface area contributed by atoms with E-state index in [9.17, 15) is 4.79 Å². The maximum atomic E-state index is 11.1. The molecule has 0 aliphatic heterocycles. The quantitative estimate of drug-likeness (QED) is 0.750. The molecule has 0 radical (unpaired) electrons. The minimum Gasteiger partial charge on any atom is -0.478 e. The molecule has 1 aromatic heterocycles. The van der Waals surface area contributed by atoms with Crippen molar-refractivity contribution in [2.75, 3.05) is 6.54 Å². The average Bonchev–Trinajstić information content (AvgIpc) is 2.95. The van der Waals surface area contributed by atoms with E-state index < -0.39 is 5.97 Å². The summed E-state index contributed by atoms with van der Waals surface area (Å²) in [5.74, 6) is -0.901. The van der Waals surface area contributed by atoms with E-state index >= 15 is 0 Å². The second kappa shape index (κ2) is 7.93. The normalized spacial score (nSPS) is 11.2. The molecule has 0 saturated carbocycles. The van der Waals surface area contributed by atoms with Gasteiger partial charge in [0, 0.05) is 37.4 Å². The van der Waals surface area contributed by atoms with Crippen LogP contribution in [0.2, 0.25) is 0 Å². The molecule has 2 rings (SSSR count). The second-order valence-electron chi connectivity index (χ2n) is 6.53. The highest BCUT2D eigenvalue weighted by Crippen LogP contribution is 2.14. The van der Waals surface area contributed by atoms with Gasteiger partial charge in [0.25, 0.3) is 0 Å². The third kappa shape index (κ3) is 5.06. The van der Waals surface area contributed by atoms with Gasteiger partial charge in [-0.3, -0.25) is 9.58 Å². The zero-order valence-corrected chi connectivity index (χ0v) is 14.6. The minimum atomic E-state index is -0.901. The van der Waals surface area contributed by atoms with Crippen LogP contribution in [0.15, 0.2) is 48.8 Å². The Morgan fingerprint density at radius 3 is 2.62 bits per heavy atom. The first-order valence-corrected chi connectivity index (χ1v) is 8.07. The molecule has 1 aromatic carbocycles. The third-order valence-electron chi connectivity index (χ3n) is 3.66. The Balaban J connectivity index is 2.14. The van der Waals surface area contributed by atoms with Crippen molar-refractivity contribution < 1.29 is 9.90 Å². The molecule has 0 saturated heterocycles. The summed E-state index contributed by atoms with van der Waals surface area (Å²) >= 11 is 0. The van der Waals surface area contributed by atoms with Crippen molar-refractivity contribution in [3.8, 4) is 0 Å². The molecule has 5 heteroatoms. The van der Waals surface area contributed by atoms with E-state index in [1.165, 1.54) is 0 Å². The lowest BCUT2D eigenvalue weighted by Gasteiger charge is -2.22. The van der Waals surface area contributed by atoms with Gasteiger partial charge in [-0.2, -0.15) is 5.10 Å². The van der Waals surface area contributed by atoms with E-state index in [-0.39, 0.29) is 0 Å². The highest BCUT2D eigenvalue weighted by molar-refractivity contribution is 5.87. The topological polar surface area (TPSA) is 58.4 Å². The van der Waals surface area contributed by atoms with Crippen LogP contribution >= 0.6 is 0 Å². The van der Waals surface area contributed by atoms with Crippen molar-refractivity contribution in [3.05, 3.63) is 65.5 Å². The number of aromatic nitrogens is 2. The van der Waals surface area contributed by atoms with Crippen LogP contribution in [0.1, 0.15) is 48.3 Å². The standard InChI is InChI=1S/C19H25N3O2/c1-14(2)10-21(12-17-9-20-22(13-17)15(3)4)11-16-6-5-7-18(8-16)19(23)24/h5-9,13,15H,1,10-12H2,2-4H3,(H,23,24). The summed E-state index contributed by atoms with van der Waals surface area (Å²) in [6.45, 7) is 12.4. The average molecular weight is 327 g/mol. The summed E-state index contributed by atoms with van der Waals surface area (Å²) in [7, 11) is 0. The van der Waals surface area contributed by atoms with Crippen molar-refractivity contribution in [1.82, 2.24) is 14.7 Å². The molecular formula is C19H25N3O2. The zero-order chi connectivity index (χ0) is 17.7. The number of carboxylic acids is 1. The summed E-state index contributed by atoms with van der Waals surface area (Å²) in [4.78, 5) is 13.4. The molecule has 1 heterocycles. The largest absolute Gasteiger partial charge is 0.478 e. The van der Waals surface area contributed by atoms with Gasteiger partial charge in [-0.1, -0.05) is 24.3 Å². The monoisotopic (exact) mass is 327 g/mol. The van der Waals surface area contributed by atoms with Crippen molar-refractivity contribution >= 4 is 5.97 Å². The number of hydrogen-bond donors (Lipinski definition) is 1. The van der Waals surface area contributed by atoms with E-state index in [1.54, 1.807) is 18.2 Å². The molecule has 0 unspecified atom stereocenters. The Kier molecular flexibility index (Phi) is 5.93. The van der Waals surface area contributed by atoms with Crippen LogP contribution in [0, 0.1) is 0 Å². The Morgan fingerprint density at radius 1 is 1.33 bits per heavy atom. The summed E-state index contributed by atoms with van der Waals surface area (Å²) in [5.41, 5.74) is 3.50. The van der Waals surface area contributed by atoms with Gasteiger partial charge in [-0.15, -0.1) is 0 Å². The van der Waals surface area contributed by atoms with E-state index in [0.717, 1.165) is 29.8 Å². The zero-order valence-electron chi connectivity index (χ0n) is 14.6. The van der Waals surface area contributed by atoms with Crippen molar-refractivity contribution in [2.24, 2.45) is 0 Å². The Hall–Kier alpha value is -2.40. The fraction of sp³-hybridized carbons (Fsp3) is 0.368. The SMILES string of the molecule is C=C(C)CN(Cc1cccc(C(=O)O)c1)Cc1cnn(C(C)C)c1. The van der Waals surface area contributed by atoms with Gasteiger partial charge in [0.05, 0.1) is 11.8 Å². The smallest absolute Gasteiger partial charge is 0.335 e. The highest BCUT2D eigenvalue weighted by Gasteiger charge is 2.11. The molecule has 0 aliphatic rings. The first kappa shape index (κ1) is 17.9. The Morgan fingerprint density at radius 2 is 2.04 bits per heavy atom. The van der Waals surface area contributed by atoms with Gasteiger partial charge in [0.1, 0.15) is 0 Å². The van der Waals surface area contributed by atoms with Crippen LogP contribution in [0.4, 0.5) is 0 Å². The number of aromatic carboxylic acids is 1. The van der Waals surface area contributed by atoms with Crippen LogP contribution in [0.3, 0.4) is 0 Å². The van der Waals surface area contributed by atoms with E-state index in [2.05, 4.69) is 36.6 Å². The fourth-order valence-electron chi connectivity index (χ4n) is 2.61. The van der Waals surface area contributed by atoms with Gasteiger partial charge < -0.3 is 5.11 Å². The number of benzene rings is 1. The van der Waals surface area contributed by atoms with Crippen LogP contribution in [-0.2, 0) is 13.1 Å². The third-order valence-corrected chi connectivity index (χ3v) is 3.66. The number of nitrogens with zero attached hydrogens (tertiary/aromatic N) is 3. The van der Waals surface area contributed by atoms with Crippen molar-refractivity contribution in [2.45, 2.75) is 39.9 Å². The molecule has 5 nitrogen and oxygen atoms in total. The first-order chi connectivity index (χ1) is 11.3. The molecular weight excluding hydrogens is 302 g/mol. The molecule has 2 aromatic rings. The van der Waals surface area contributed by atoms with Gasteiger partial charge in [0.15, 0.2) is 0 Å². The second-order valence-corrected chi connectivity index (χ2v) is 6.53. The number of hydrogen-bond acceptors (Lipinski definition) is 3. The van der Waals surface area contributed by atoms with Crippen LogP contribution < -0.4 is 0 Å². The number of rotatable bonds is 8. The first-order valence-electron chi connectivity index (χ1n) is 8.07. The predicted molar refractivity (Wildman–Crippen MR) is 94.9 cm³/mol. The summed E-state index contributed by atoms with van der Waals surface area (Å²) in [6, 6.07) is 7.41. The van der Waals surface area contributed by atoms with Crippen LogP contribution in [0.25, 0.3) is 0 Å². The lowest BCUT2D eigenvalue weighted by Crippen LogP contribution is -2.24. The lowest BCUT2D eigenvalue weighted by molar-refractivity contribution is 0.0696. The molecule has 0 atom stereocenters. The minimum absolute atomic E-state index is 0.315. The Bertz CT molecular complexity index is 719. The predicted octanol–water partition coefficient (Wildman–Crippen LogP) is 3.74. The summed E-state index contributed by atoms with van der Waals surface area (Å²) < 4.78 is 1.94. The molecule has 0 fully saturated rings. The fourth-order valence-corrected chi connectivity index (χ4v) is 2.61. The highest BCUT2D eigenvalue weighted by atomic mass is 16.4. The lowest BCUT2D eigenvalue weighted by atomic mass is 10.1. The molecule has 0 spiro atoms. The van der Waals surface area contributed by atoms with E-state index in [4.69, 9.17) is 5.11 Å².